The van der Waals surface area contributed by atoms with Crippen molar-refractivity contribution in [3.63, 3.8) is 0 Å². The number of carbonyl (C=O) groups excluding carboxylic acids is 1. The second kappa shape index (κ2) is 9.75. The smallest absolute Gasteiger partial charge is 0.336 e. The molecular weight excluding hydrogens is 392 g/mol. The van der Waals surface area contributed by atoms with Gasteiger partial charge in [0.15, 0.2) is 5.82 Å². The number of anilines is 1. The summed E-state index contributed by atoms with van der Waals surface area (Å²) in [4.78, 5) is 16.8. The van der Waals surface area contributed by atoms with E-state index in [1.54, 1.807) is 4.68 Å². The Kier molecular flexibility index (Phi) is 7.07. The molecule has 2 aromatic carbocycles. The first-order chi connectivity index (χ1) is 14.8. The highest BCUT2D eigenvalue weighted by Crippen LogP contribution is 2.25. The number of aryl methyl sites for hydroxylation is 1. The first-order valence-electron chi connectivity index (χ1n) is 10.4. The minimum Gasteiger partial charge on any atom is -0.460 e. The summed E-state index contributed by atoms with van der Waals surface area (Å²) in [5, 5.41) is 7.48. The largest absolute Gasteiger partial charge is 0.460 e. The van der Waals surface area contributed by atoms with E-state index in [0.29, 0.717) is 31.7 Å². The van der Waals surface area contributed by atoms with Crippen LogP contribution in [-0.4, -0.2) is 40.5 Å². The monoisotopic (exact) mass is 422 g/mol. The van der Waals surface area contributed by atoms with Gasteiger partial charge >= 0.3 is 6.01 Å². The fraction of sp³-hybridized carbons (Fsp3) is 0.375. The van der Waals surface area contributed by atoms with E-state index in [9.17, 15) is 4.79 Å². The third-order valence-corrected chi connectivity index (χ3v) is 4.61. The van der Waals surface area contributed by atoms with E-state index < -0.39 is 5.41 Å². The van der Waals surface area contributed by atoms with Gasteiger partial charge in [-0.05, 0) is 38.1 Å². The van der Waals surface area contributed by atoms with Gasteiger partial charge in [-0.2, -0.15) is 4.98 Å². The van der Waals surface area contributed by atoms with Gasteiger partial charge in [-0.25, -0.2) is 4.68 Å². The molecule has 0 aliphatic heterocycles. The number of nitrogens with one attached hydrogen (secondary N) is 1. The molecule has 0 atom stereocenters. The average Bonchev–Trinajstić information content (AvgIpc) is 3.16. The van der Waals surface area contributed by atoms with E-state index in [0.717, 1.165) is 16.9 Å². The molecule has 1 amide bonds. The summed E-state index contributed by atoms with van der Waals surface area (Å²) >= 11 is 0. The number of aromatic nitrogens is 3. The predicted octanol–water partition coefficient (Wildman–Crippen LogP) is 4.64. The molecule has 0 unspecified atom stereocenters. The van der Waals surface area contributed by atoms with E-state index in [1.165, 1.54) is 5.56 Å². The Balaban J connectivity index is 1.88. The summed E-state index contributed by atoms with van der Waals surface area (Å²) in [5.74, 6) is 0.643. The van der Waals surface area contributed by atoms with Gasteiger partial charge in [0.2, 0.25) is 5.91 Å². The summed E-state index contributed by atoms with van der Waals surface area (Å²) in [6.07, 6.45) is 0. The number of nitrogens with zero attached hydrogens (tertiary/aromatic N) is 3. The van der Waals surface area contributed by atoms with Crippen LogP contribution in [-0.2, 0) is 9.53 Å². The van der Waals surface area contributed by atoms with Crippen LogP contribution in [0, 0.1) is 12.3 Å². The van der Waals surface area contributed by atoms with E-state index in [-0.39, 0.29) is 5.91 Å². The Morgan fingerprint density at radius 2 is 1.71 bits per heavy atom. The molecule has 0 saturated carbocycles. The van der Waals surface area contributed by atoms with E-state index >= 15 is 0 Å². The van der Waals surface area contributed by atoms with Gasteiger partial charge in [0.1, 0.15) is 6.61 Å². The highest BCUT2D eigenvalue weighted by molar-refractivity contribution is 5.94. The third kappa shape index (κ3) is 5.92. The molecule has 0 radical (unpaired) electrons. The molecule has 164 valence electrons. The fourth-order valence-electron chi connectivity index (χ4n) is 2.76. The van der Waals surface area contributed by atoms with Crippen molar-refractivity contribution < 1.29 is 14.3 Å². The van der Waals surface area contributed by atoms with Gasteiger partial charge in [-0.3, -0.25) is 4.79 Å². The molecule has 0 aliphatic rings. The van der Waals surface area contributed by atoms with Crippen LogP contribution in [0.1, 0.15) is 33.3 Å². The Labute approximate surface area is 183 Å². The van der Waals surface area contributed by atoms with E-state index in [4.69, 9.17) is 9.47 Å². The van der Waals surface area contributed by atoms with Gasteiger partial charge in [-0.1, -0.05) is 50.6 Å². The molecular formula is C24H30N4O3. The van der Waals surface area contributed by atoms with Crippen LogP contribution < -0.4 is 10.1 Å². The zero-order chi connectivity index (χ0) is 22.4. The molecule has 1 heterocycles. The van der Waals surface area contributed by atoms with Crippen molar-refractivity contribution in [1.82, 2.24) is 14.8 Å². The van der Waals surface area contributed by atoms with Crippen molar-refractivity contribution in [3.8, 4) is 23.1 Å². The standard InChI is InChI=1S/C24H30N4O3/c1-6-30-15-16-31-23-26-21(18-9-7-17(2)8-10-18)28(27-23)20-13-11-19(12-14-20)25-22(29)24(3,4)5/h7-14H,6,15-16H2,1-5H3,(H,25,29). The van der Waals surface area contributed by atoms with Crippen LogP contribution in [0.5, 0.6) is 6.01 Å². The van der Waals surface area contributed by atoms with Crippen LogP contribution >= 0.6 is 0 Å². The van der Waals surface area contributed by atoms with Crippen LogP contribution in [0.15, 0.2) is 48.5 Å². The Hall–Kier alpha value is -3.19. The van der Waals surface area contributed by atoms with E-state index in [2.05, 4.69) is 15.4 Å². The summed E-state index contributed by atoms with van der Waals surface area (Å²) < 4.78 is 12.8. The van der Waals surface area contributed by atoms with Gasteiger partial charge in [0.25, 0.3) is 0 Å². The maximum Gasteiger partial charge on any atom is 0.336 e. The lowest BCUT2D eigenvalue weighted by Crippen LogP contribution is -2.27. The molecule has 7 heteroatoms. The molecule has 0 saturated heterocycles. The minimum atomic E-state index is -0.461. The molecule has 7 nitrogen and oxygen atoms in total. The molecule has 0 fully saturated rings. The minimum absolute atomic E-state index is 0.0358. The van der Waals surface area contributed by atoms with Crippen LogP contribution in [0.4, 0.5) is 5.69 Å². The fourth-order valence-corrected chi connectivity index (χ4v) is 2.76. The highest BCUT2D eigenvalue weighted by atomic mass is 16.5. The van der Waals surface area contributed by atoms with Crippen LogP contribution in [0.25, 0.3) is 17.1 Å². The lowest BCUT2D eigenvalue weighted by atomic mass is 9.95. The van der Waals surface area contributed by atoms with Crippen molar-refractivity contribution in [2.75, 3.05) is 25.1 Å². The SMILES string of the molecule is CCOCCOc1nc(-c2ccc(C)cc2)n(-c2ccc(NC(=O)C(C)(C)C)cc2)n1. The van der Waals surface area contributed by atoms with Gasteiger partial charge in [0.05, 0.1) is 12.3 Å². The third-order valence-electron chi connectivity index (χ3n) is 4.61. The predicted molar refractivity (Wildman–Crippen MR) is 122 cm³/mol. The number of benzene rings is 2. The maximum atomic E-state index is 12.2. The van der Waals surface area contributed by atoms with Crippen LogP contribution in [0.3, 0.4) is 0 Å². The Bertz CT molecular complexity index is 1000. The summed E-state index contributed by atoms with van der Waals surface area (Å²) in [5.41, 5.74) is 3.19. The number of rotatable bonds is 8. The van der Waals surface area contributed by atoms with Crippen molar-refractivity contribution in [1.29, 1.82) is 0 Å². The molecule has 1 aromatic heterocycles. The quantitative estimate of drug-likeness (QED) is 0.535. The number of amides is 1. The number of ether oxygens (including phenoxy) is 2. The number of hydrogen-bond donors (Lipinski definition) is 1. The molecule has 1 N–H and O–H groups in total. The zero-order valence-electron chi connectivity index (χ0n) is 18.8. The first-order valence-corrected chi connectivity index (χ1v) is 10.4. The van der Waals surface area contributed by atoms with Crippen LogP contribution in [0.2, 0.25) is 0 Å². The van der Waals surface area contributed by atoms with Crippen molar-refractivity contribution in [3.05, 3.63) is 54.1 Å². The molecule has 0 spiro atoms. The summed E-state index contributed by atoms with van der Waals surface area (Å²) in [6.45, 7) is 11.1. The molecule has 3 aromatic rings. The Morgan fingerprint density at radius 3 is 2.32 bits per heavy atom. The maximum absolute atomic E-state index is 12.2. The molecule has 0 aliphatic carbocycles. The second-order valence-corrected chi connectivity index (χ2v) is 8.29. The number of hydrogen-bond acceptors (Lipinski definition) is 5. The second-order valence-electron chi connectivity index (χ2n) is 8.29. The van der Waals surface area contributed by atoms with Crippen molar-refractivity contribution in [2.24, 2.45) is 5.41 Å². The summed E-state index contributed by atoms with van der Waals surface area (Å²) in [6, 6.07) is 15.9. The number of carbonyl (C=O) groups is 1. The zero-order valence-corrected chi connectivity index (χ0v) is 18.8. The Morgan fingerprint density at radius 1 is 1.03 bits per heavy atom. The molecule has 3 rings (SSSR count). The first kappa shape index (κ1) is 22.5. The van der Waals surface area contributed by atoms with Gasteiger partial charge in [0, 0.05) is 23.3 Å². The highest BCUT2D eigenvalue weighted by Gasteiger charge is 2.21. The van der Waals surface area contributed by atoms with Gasteiger partial charge < -0.3 is 14.8 Å². The van der Waals surface area contributed by atoms with Gasteiger partial charge in [-0.15, -0.1) is 5.10 Å². The lowest BCUT2D eigenvalue weighted by molar-refractivity contribution is -0.123. The normalized spacial score (nSPS) is 11.4. The topological polar surface area (TPSA) is 78.3 Å². The van der Waals surface area contributed by atoms with E-state index in [1.807, 2.05) is 83.1 Å². The molecule has 0 bridgehead atoms. The lowest BCUT2D eigenvalue weighted by Gasteiger charge is -2.17. The van der Waals surface area contributed by atoms with Crippen molar-refractivity contribution >= 4 is 11.6 Å². The van der Waals surface area contributed by atoms with Crippen molar-refractivity contribution in [2.45, 2.75) is 34.6 Å². The average molecular weight is 423 g/mol. The summed E-state index contributed by atoms with van der Waals surface area (Å²) in [7, 11) is 0. The molecule has 31 heavy (non-hydrogen) atoms.